The van der Waals surface area contributed by atoms with E-state index in [1.165, 1.54) is 0 Å². The second-order valence-corrected chi connectivity index (χ2v) is 9.74. The molecule has 0 bridgehead atoms. The van der Waals surface area contributed by atoms with Crippen LogP contribution in [-0.2, 0) is 14.0 Å². The first-order valence-corrected chi connectivity index (χ1v) is 7.39. The number of ether oxygens (including phenoxy) is 2. The maximum atomic E-state index is 12.5. The third kappa shape index (κ3) is 1.59. The Morgan fingerprint density at radius 3 is 1.75 bits per heavy atom. The van der Waals surface area contributed by atoms with Gasteiger partial charge in [-0.05, 0) is 0 Å². The molecule has 1 spiro atoms. The van der Waals surface area contributed by atoms with Crippen molar-refractivity contribution in [1.29, 1.82) is 0 Å². The average Bonchev–Trinajstić information content (AvgIpc) is 2.48. The molecule has 2 aliphatic heterocycles. The van der Waals surface area contributed by atoms with Crippen molar-refractivity contribution in [3.05, 3.63) is 0 Å². The average molecular weight is 248 g/mol. The van der Waals surface area contributed by atoms with Gasteiger partial charge in [-0.3, -0.25) is 4.57 Å². The lowest BCUT2D eigenvalue weighted by molar-refractivity contribution is -0.181. The molecule has 5 heteroatoms. The van der Waals surface area contributed by atoms with Crippen LogP contribution >= 0.6 is 7.37 Å². The molecule has 0 amide bonds. The molecule has 2 fully saturated rings. The van der Waals surface area contributed by atoms with Crippen molar-refractivity contribution in [2.45, 2.75) is 56.6 Å². The highest BCUT2D eigenvalue weighted by molar-refractivity contribution is 7.61. The number of hydrogen-bond acceptors (Lipinski definition) is 3. The van der Waals surface area contributed by atoms with Gasteiger partial charge < -0.3 is 14.4 Å². The van der Waals surface area contributed by atoms with Crippen LogP contribution in [0.25, 0.3) is 0 Å². The second kappa shape index (κ2) is 3.32. The van der Waals surface area contributed by atoms with Gasteiger partial charge in [0.1, 0.15) is 0 Å². The molecule has 4 nitrogen and oxygen atoms in total. The van der Waals surface area contributed by atoms with E-state index < -0.39 is 23.5 Å². The van der Waals surface area contributed by atoms with Crippen LogP contribution in [-0.4, -0.2) is 34.2 Å². The number of rotatable bonds is 0. The minimum Gasteiger partial charge on any atom is -0.347 e. The van der Waals surface area contributed by atoms with Gasteiger partial charge >= 0.3 is 0 Å². The fraction of sp³-hybridized carbons (Fsp3) is 1.00. The summed E-state index contributed by atoms with van der Waals surface area (Å²) < 4.78 is 23.9. The Hall–Kier alpha value is 0.110. The smallest absolute Gasteiger partial charge is 0.211 e. The second-order valence-electron chi connectivity index (χ2n) is 6.16. The fourth-order valence-corrected chi connectivity index (χ4v) is 5.66. The maximum Gasteiger partial charge on any atom is 0.211 e. The van der Waals surface area contributed by atoms with Crippen molar-refractivity contribution >= 4 is 7.37 Å². The molecule has 1 N–H and O–H groups in total. The van der Waals surface area contributed by atoms with E-state index in [4.69, 9.17) is 9.47 Å². The van der Waals surface area contributed by atoms with Crippen molar-refractivity contribution in [3.8, 4) is 0 Å². The first-order valence-electron chi connectivity index (χ1n) is 5.73. The normalized spacial score (nSPS) is 34.1. The first-order chi connectivity index (χ1) is 7.12. The molecular weight excluding hydrogens is 227 g/mol. The standard InChI is InChI=1S/C11H21O4P/c1-9(2)7-11(14-5-6-15-11)8-10(3,4)16(9,12)13/h5-8H2,1-4H3,(H,12,13). The van der Waals surface area contributed by atoms with Crippen molar-refractivity contribution < 1.29 is 18.9 Å². The van der Waals surface area contributed by atoms with E-state index in [1.54, 1.807) is 0 Å². The van der Waals surface area contributed by atoms with Gasteiger partial charge in [0.05, 0.1) is 13.2 Å². The highest BCUT2D eigenvalue weighted by atomic mass is 31.2. The van der Waals surface area contributed by atoms with E-state index in [-0.39, 0.29) is 0 Å². The van der Waals surface area contributed by atoms with Crippen molar-refractivity contribution in [1.82, 2.24) is 0 Å². The molecule has 2 heterocycles. The zero-order chi connectivity index (χ0) is 12.2. The topological polar surface area (TPSA) is 55.8 Å². The van der Waals surface area contributed by atoms with Crippen molar-refractivity contribution in [3.63, 3.8) is 0 Å². The Balaban J connectivity index is 2.40. The molecular formula is C11H21O4P. The van der Waals surface area contributed by atoms with Crippen LogP contribution in [0.1, 0.15) is 40.5 Å². The zero-order valence-corrected chi connectivity index (χ0v) is 11.3. The van der Waals surface area contributed by atoms with Gasteiger partial charge in [-0.25, -0.2) is 0 Å². The van der Waals surface area contributed by atoms with Crippen molar-refractivity contribution in [2.75, 3.05) is 13.2 Å². The van der Waals surface area contributed by atoms with Crippen LogP contribution in [0.3, 0.4) is 0 Å². The van der Waals surface area contributed by atoms with E-state index in [0.29, 0.717) is 26.1 Å². The fourth-order valence-electron chi connectivity index (χ4n) is 3.12. The quantitative estimate of drug-likeness (QED) is 0.668. The summed E-state index contributed by atoms with van der Waals surface area (Å²) in [6.45, 7) is 8.51. The molecule has 0 aromatic heterocycles. The summed E-state index contributed by atoms with van der Waals surface area (Å²) in [6, 6.07) is 0. The van der Waals surface area contributed by atoms with E-state index in [1.807, 2.05) is 27.7 Å². The monoisotopic (exact) mass is 248 g/mol. The van der Waals surface area contributed by atoms with Gasteiger partial charge in [-0.15, -0.1) is 0 Å². The molecule has 16 heavy (non-hydrogen) atoms. The highest BCUT2D eigenvalue weighted by Crippen LogP contribution is 2.72. The summed E-state index contributed by atoms with van der Waals surface area (Å²) in [7, 11) is -3.23. The van der Waals surface area contributed by atoms with Gasteiger partial charge in [-0.1, -0.05) is 27.7 Å². The lowest BCUT2D eigenvalue weighted by Crippen LogP contribution is -2.52. The molecule has 2 saturated heterocycles. The van der Waals surface area contributed by atoms with Gasteiger partial charge in [0.25, 0.3) is 0 Å². The molecule has 0 atom stereocenters. The Morgan fingerprint density at radius 1 is 1.00 bits per heavy atom. The Kier molecular flexibility index (Phi) is 2.61. The van der Waals surface area contributed by atoms with Crippen molar-refractivity contribution in [2.24, 2.45) is 0 Å². The van der Waals surface area contributed by atoms with E-state index in [9.17, 15) is 9.46 Å². The SMILES string of the molecule is CC1(C)CC2(CC(C)(C)P1(=O)O)OCCO2. The molecule has 2 rings (SSSR count). The minimum absolute atomic E-state index is 0.497. The predicted octanol–water partition coefficient (Wildman–Crippen LogP) is 2.35. The Morgan fingerprint density at radius 2 is 1.38 bits per heavy atom. The summed E-state index contributed by atoms with van der Waals surface area (Å²) in [6.07, 6.45) is 0.994. The van der Waals surface area contributed by atoms with Gasteiger partial charge in [0.15, 0.2) is 5.79 Å². The molecule has 94 valence electrons. The van der Waals surface area contributed by atoms with E-state index >= 15 is 0 Å². The van der Waals surface area contributed by atoms with E-state index in [0.717, 1.165) is 0 Å². The number of hydrogen-bond donors (Lipinski definition) is 1. The summed E-state index contributed by atoms with van der Waals surface area (Å²) in [4.78, 5) is 10.3. The van der Waals surface area contributed by atoms with Crippen LogP contribution in [0.2, 0.25) is 0 Å². The molecule has 0 radical (unpaired) electrons. The molecule has 2 aliphatic rings. The first kappa shape index (κ1) is 12.6. The molecule has 0 saturated carbocycles. The van der Waals surface area contributed by atoms with Crippen LogP contribution in [0.15, 0.2) is 0 Å². The van der Waals surface area contributed by atoms with Crippen LogP contribution in [0.4, 0.5) is 0 Å². The summed E-state index contributed by atoms with van der Waals surface area (Å²) >= 11 is 0. The lowest BCUT2D eigenvalue weighted by atomic mass is 9.92. The van der Waals surface area contributed by atoms with Gasteiger partial charge in [0.2, 0.25) is 7.37 Å². The summed E-state index contributed by atoms with van der Waals surface area (Å²) in [5.41, 5.74) is 0. The Bertz CT molecular complexity index is 318. The molecule has 0 unspecified atom stereocenters. The highest BCUT2D eigenvalue weighted by Gasteiger charge is 2.62. The third-order valence-electron chi connectivity index (χ3n) is 3.86. The van der Waals surface area contributed by atoms with Gasteiger partial charge in [-0.2, -0.15) is 0 Å². The maximum absolute atomic E-state index is 12.5. The summed E-state index contributed by atoms with van der Waals surface area (Å²) in [5.74, 6) is -0.635. The largest absolute Gasteiger partial charge is 0.347 e. The molecule has 0 aromatic rings. The van der Waals surface area contributed by atoms with Crippen LogP contribution in [0, 0.1) is 0 Å². The molecule has 0 aromatic carbocycles. The minimum atomic E-state index is -3.23. The zero-order valence-electron chi connectivity index (χ0n) is 10.4. The molecule has 0 aliphatic carbocycles. The van der Waals surface area contributed by atoms with Crippen LogP contribution in [0.5, 0.6) is 0 Å². The van der Waals surface area contributed by atoms with E-state index in [2.05, 4.69) is 0 Å². The Labute approximate surface area is 96.8 Å². The lowest BCUT2D eigenvalue weighted by Gasteiger charge is -2.51. The predicted molar refractivity (Wildman–Crippen MR) is 61.9 cm³/mol. The summed E-state index contributed by atoms with van der Waals surface area (Å²) in [5, 5.41) is -1.31. The van der Waals surface area contributed by atoms with Gasteiger partial charge in [0, 0.05) is 23.2 Å². The third-order valence-corrected chi connectivity index (χ3v) is 7.46. The van der Waals surface area contributed by atoms with Crippen LogP contribution < -0.4 is 0 Å².